The third kappa shape index (κ3) is 10.3. The van der Waals surface area contributed by atoms with Gasteiger partial charge in [0.05, 0.1) is 6.10 Å². The fourth-order valence-corrected chi connectivity index (χ4v) is 5.29. The lowest BCUT2D eigenvalue weighted by molar-refractivity contribution is -0.142. The van der Waals surface area contributed by atoms with Crippen molar-refractivity contribution >= 4 is 23.8 Å². The summed E-state index contributed by atoms with van der Waals surface area (Å²) in [4.78, 5) is 58.6. The fraction of sp³-hybridized carbons (Fsp3) is 0.500. The number of terminal acetylenes is 1. The largest absolute Gasteiger partial charge is 0.444 e. The van der Waals surface area contributed by atoms with Crippen molar-refractivity contribution in [1.82, 2.24) is 20.0 Å². The Hall–Kier alpha value is -4.36. The van der Waals surface area contributed by atoms with Gasteiger partial charge in [0.25, 0.3) is 5.91 Å². The first kappa shape index (κ1) is 36.1. The van der Waals surface area contributed by atoms with E-state index < -0.39 is 35.8 Å². The van der Waals surface area contributed by atoms with E-state index in [0.717, 1.165) is 12.0 Å². The van der Waals surface area contributed by atoms with Crippen LogP contribution in [-0.2, 0) is 25.5 Å². The van der Waals surface area contributed by atoms with Crippen LogP contribution in [0.3, 0.4) is 0 Å². The van der Waals surface area contributed by atoms with E-state index in [-0.39, 0.29) is 24.5 Å². The third-order valence-corrected chi connectivity index (χ3v) is 8.02. The van der Waals surface area contributed by atoms with Gasteiger partial charge in [-0.25, -0.2) is 4.79 Å². The van der Waals surface area contributed by atoms with Gasteiger partial charge in [0.15, 0.2) is 0 Å². The molecule has 0 aromatic heterocycles. The molecule has 2 aromatic carbocycles. The Morgan fingerprint density at radius 3 is 2.28 bits per heavy atom. The number of rotatable bonds is 13. The van der Waals surface area contributed by atoms with Crippen LogP contribution < -0.4 is 5.32 Å². The zero-order valence-electron chi connectivity index (χ0n) is 27.9. The zero-order valence-corrected chi connectivity index (χ0v) is 27.9. The second kappa shape index (κ2) is 16.8. The first-order valence-electron chi connectivity index (χ1n) is 15.8. The summed E-state index contributed by atoms with van der Waals surface area (Å²) in [5.74, 6) is 1.43. The Morgan fingerprint density at radius 1 is 1.04 bits per heavy atom. The molecule has 1 heterocycles. The lowest BCUT2D eigenvalue weighted by Crippen LogP contribution is -2.59. The molecule has 4 amide bonds. The van der Waals surface area contributed by atoms with Gasteiger partial charge in [0.1, 0.15) is 24.3 Å². The van der Waals surface area contributed by atoms with E-state index in [1.807, 2.05) is 53.4 Å². The van der Waals surface area contributed by atoms with Crippen LogP contribution in [-0.4, -0.2) is 102 Å². The van der Waals surface area contributed by atoms with Gasteiger partial charge in [0.2, 0.25) is 11.8 Å². The van der Waals surface area contributed by atoms with Crippen molar-refractivity contribution in [3.8, 4) is 12.3 Å². The predicted molar refractivity (Wildman–Crippen MR) is 177 cm³/mol. The van der Waals surface area contributed by atoms with E-state index >= 15 is 0 Å². The number of likely N-dealkylation sites (tertiary alicyclic amines) is 1. The number of carbonyl (C=O) groups excluding carboxylic acids is 4. The number of hydrogen-bond donors (Lipinski definition) is 1. The number of amides is 4. The molecule has 46 heavy (non-hydrogen) atoms. The number of hydrogen-bond acceptors (Lipinski definition) is 6. The van der Waals surface area contributed by atoms with Crippen molar-refractivity contribution in [3.05, 3.63) is 71.8 Å². The van der Waals surface area contributed by atoms with Crippen LogP contribution in [0.25, 0.3) is 0 Å². The second-order valence-electron chi connectivity index (χ2n) is 12.7. The number of ether oxygens (including phenoxy) is 2. The molecule has 2 aromatic rings. The van der Waals surface area contributed by atoms with E-state index in [1.165, 1.54) is 11.9 Å². The van der Waals surface area contributed by atoms with Crippen LogP contribution in [0.1, 0.15) is 63.4 Å². The quantitative estimate of drug-likeness (QED) is 0.333. The number of benzene rings is 2. The summed E-state index contributed by atoms with van der Waals surface area (Å²) >= 11 is 0. The first-order chi connectivity index (χ1) is 21.8. The van der Waals surface area contributed by atoms with Gasteiger partial charge in [-0.2, -0.15) is 0 Å². The van der Waals surface area contributed by atoms with Gasteiger partial charge >= 0.3 is 6.09 Å². The molecule has 248 valence electrons. The smallest absolute Gasteiger partial charge is 0.410 e. The summed E-state index contributed by atoms with van der Waals surface area (Å²) in [6, 6.07) is 16.8. The minimum atomic E-state index is -1.07. The molecule has 0 spiro atoms. The van der Waals surface area contributed by atoms with Crippen LogP contribution in [0.5, 0.6) is 0 Å². The van der Waals surface area contributed by atoms with Crippen LogP contribution in [0, 0.1) is 12.3 Å². The van der Waals surface area contributed by atoms with Gasteiger partial charge in [-0.15, -0.1) is 6.42 Å². The van der Waals surface area contributed by atoms with Crippen molar-refractivity contribution in [2.75, 3.05) is 33.3 Å². The number of nitrogens with zero attached hydrogens (tertiary/aromatic N) is 3. The summed E-state index contributed by atoms with van der Waals surface area (Å²) in [6.07, 6.45) is 6.12. The summed E-state index contributed by atoms with van der Waals surface area (Å²) in [5.41, 5.74) is 0.954. The SMILES string of the molecule is C#CCOC(C)[C@H](NC(=O)[C@H](C)N(C)C(=O)OC(C)(C)C)C(=O)N1CCC[C@H]1CN(CCc1ccccc1)C(=O)c1ccccc1. The van der Waals surface area contributed by atoms with E-state index in [0.29, 0.717) is 38.0 Å². The summed E-state index contributed by atoms with van der Waals surface area (Å²) < 4.78 is 11.1. The maximum absolute atomic E-state index is 14.2. The molecule has 10 nitrogen and oxygen atoms in total. The summed E-state index contributed by atoms with van der Waals surface area (Å²) in [6.45, 7) is 9.71. The molecule has 1 unspecified atom stereocenters. The normalized spacial score (nSPS) is 16.5. The van der Waals surface area contributed by atoms with Crippen LogP contribution >= 0.6 is 0 Å². The highest BCUT2D eigenvalue weighted by molar-refractivity contribution is 5.94. The molecule has 1 aliphatic heterocycles. The average Bonchev–Trinajstić information content (AvgIpc) is 3.51. The summed E-state index contributed by atoms with van der Waals surface area (Å²) in [7, 11) is 1.47. The van der Waals surface area contributed by atoms with Crippen molar-refractivity contribution in [3.63, 3.8) is 0 Å². The van der Waals surface area contributed by atoms with Gasteiger partial charge in [-0.3, -0.25) is 19.3 Å². The Labute approximate surface area is 273 Å². The first-order valence-corrected chi connectivity index (χ1v) is 15.8. The highest BCUT2D eigenvalue weighted by atomic mass is 16.6. The fourth-order valence-electron chi connectivity index (χ4n) is 5.29. The molecule has 4 atom stereocenters. The monoisotopic (exact) mass is 632 g/mol. The molecular weight excluding hydrogens is 584 g/mol. The van der Waals surface area contributed by atoms with Crippen molar-refractivity contribution in [1.29, 1.82) is 0 Å². The molecule has 0 saturated carbocycles. The maximum Gasteiger partial charge on any atom is 0.410 e. The predicted octanol–water partition coefficient (Wildman–Crippen LogP) is 4.14. The van der Waals surface area contributed by atoms with Crippen molar-refractivity contribution in [2.24, 2.45) is 0 Å². The standard InChI is InChI=1S/C36H48N4O6/c1-8-24-45-27(3)31(37-32(41)26(2)38(7)35(44)46-36(4,5)6)34(43)40-22-15-20-30(40)25-39(23-21-28-16-11-9-12-17-28)33(42)29-18-13-10-14-19-29/h1,9-14,16-19,26-27,30-31H,15,20-25H2,2-7H3,(H,37,41)/t26-,27?,30-,31-/m0/s1. The highest BCUT2D eigenvalue weighted by Crippen LogP contribution is 2.22. The molecule has 0 radical (unpaired) electrons. The Kier molecular flexibility index (Phi) is 13.2. The number of nitrogens with one attached hydrogen (secondary N) is 1. The van der Waals surface area contributed by atoms with Crippen molar-refractivity contribution in [2.45, 2.75) is 83.7 Å². The Morgan fingerprint density at radius 2 is 1.67 bits per heavy atom. The molecule has 0 aliphatic carbocycles. The lowest BCUT2D eigenvalue weighted by atomic mass is 10.1. The molecule has 1 N–H and O–H groups in total. The molecule has 1 fully saturated rings. The van der Waals surface area contributed by atoms with E-state index in [2.05, 4.69) is 11.2 Å². The van der Waals surface area contributed by atoms with Crippen molar-refractivity contribution < 1.29 is 28.7 Å². The maximum atomic E-state index is 14.2. The molecule has 1 aliphatic rings. The summed E-state index contributed by atoms with van der Waals surface area (Å²) in [5, 5.41) is 2.82. The molecule has 10 heteroatoms. The molecule has 0 bridgehead atoms. The van der Waals surface area contributed by atoms with Crippen LogP contribution in [0.2, 0.25) is 0 Å². The third-order valence-electron chi connectivity index (χ3n) is 8.02. The topological polar surface area (TPSA) is 108 Å². The number of likely N-dealkylation sites (N-methyl/N-ethyl adjacent to an activating group) is 1. The number of carbonyl (C=O) groups is 4. The van der Waals surface area contributed by atoms with E-state index in [4.69, 9.17) is 15.9 Å². The highest BCUT2D eigenvalue weighted by Gasteiger charge is 2.39. The van der Waals surface area contributed by atoms with Gasteiger partial charge in [-0.1, -0.05) is 54.5 Å². The van der Waals surface area contributed by atoms with E-state index in [9.17, 15) is 19.2 Å². The Bertz CT molecular complexity index is 1350. The van der Waals surface area contributed by atoms with Gasteiger partial charge in [-0.05, 0) is 71.6 Å². The second-order valence-corrected chi connectivity index (χ2v) is 12.7. The minimum Gasteiger partial charge on any atom is -0.444 e. The van der Waals surface area contributed by atoms with Gasteiger partial charge in [0, 0.05) is 38.3 Å². The average molecular weight is 633 g/mol. The zero-order chi connectivity index (χ0) is 33.9. The van der Waals surface area contributed by atoms with Crippen LogP contribution in [0.15, 0.2) is 60.7 Å². The molecule has 3 rings (SSSR count). The Balaban J connectivity index is 1.80. The molecular formula is C36H48N4O6. The minimum absolute atomic E-state index is 0.0452. The van der Waals surface area contributed by atoms with E-state index in [1.54, 1.807) is 51.7 Å². The lowest BCUT2D eigenvalue weighted by Gasteiger charge is -2.35. The molecule has 1 saturated heterocycles. The van der Waals surface area contributed by atoms with Crippen LogP contribution in [0.4, 0.5) is 4.79 Å². The van der Waals surface area contributed by atoms with Gasteiger partial charge < -0.3 is 24.6 Å².